The van der Waals surface area contributed by atoms with Gasteiger partial charge >= 0.3 is 11.4 Å². The molecule has 0 bridgehead atoms. The second kappa shape index (κ2) is 6.17. The SMILES string of the molecule is O=[N+]([O-])c1ccccc1[N+](=O)[O-].[NH2-].[Pt]. The third-order valence-corrected chi connectivity index (χ3v) is 1.28. The van der Waals surface area contributed by atoms with Gasteiger partial charge < -0.3 is 6.15 Å². The second-order valence-corrected chi connectivity index (χ2v) is 2.00. The van der Waals surface area contributed by atoms with Crippen molar-refractivity contribution in [2.24, 2.45) is 0 Å². The van der Waals surface area contributed by atoms with Crippen LogP contribution in [0.3, 0.4) is 0 Å². The van der Waals surface area contributed by atoms with E-state index in [0.717, 1.165) is 12.1 Å². The minimum Gasteiger partial charge on any atom is -0.693 e. The standard InChI is InChI=1S/C6H4N2O4.H2N.Pt/c9-7(10)5-3-1-2-4-6(5)8(11)12;;/h1-4H;1H2;/q;-1;. The zero-order chi connectivity index (χ0) is 9.14. The van der Waals surface area contributed by atoms with Gasteiger partial charge in [-0.1, -0.05) is 12.1 Å². The van der Waals surface area contributed by atoms with Crippen molar-refractivity contribution in [3.63, 3.8) is 0 Å². The summed E-state index contributed by atoms with van der Waals surface area (Å²) >= 11 is 0. The van der Waals surface area contributed by atoms with E-state index >= 15 is 0 Å². The Morgan fingerprint density at radius 2 is 1.21 bits per heavy atom. The summed E-state index contributed by atoms with van der Waals surface area (Å²) in [4.78, 5) is 18.9. The third-order valence-electron chi connectivity index (χ3n) is 1.28. The molecule has 0 aliphatic rings. The van der Waals surface area contributed by atoms with Crippen molar-refractivity contribution in [1.82, 2.24) is 0 Å². The molecule has 0 fully saturated rings. The van der Waals surface area contributed by atoms with Gasteiger partial charge in [-0.15, -0.1) is 0 Å². The zero-order valence-corrected chi connectivity index (χ0v) is 9.00. The molecular formula is C6H6N3O4Pt-. The molecule has 1 aromatic carbocycles. The number of para-hydroxylation sites is 2. The Bertz CT molecular complexity index is 311. The first-order chi connectivity index (χ1) is 5.63. The summed E-state index contributed by atoms with van der Waals surface area (Å²) in [7, 11) is 0. The van der Waals surface area contributed by atoms with Gasteiger partial charge in [-0.2, -0.15) is 0 Å². The van der Waals surface area contributed by atoms with Crippen LogP contribution in [0.5, 0.6) is 0 Å². The van der Waals surface area contributed by atoms with Crippen molar-refractivity contribution in [2.45, 2.75) is 0 Å². The van der Waals surface area contributed by atoms with Crippen LogP contribution >= 0.6 is 0 Å². The maximum atomic E-state index is 10.2. The maximum absolute atomic E-state index is 10.2. The predicted molar refractivity (Wildman–Crippen MR) is 45.0 cm³/mol. The number of nitrogens with zero attached hydrogens (tertiary/aromatic N) is 2. The van der Waals surface area contributed by atoms with Gasteiger partial charge in [0.2, 0.25) is 0 Å². The first-order valence-electron chi connectivity index (χ1n) is 3.00. The molecule has 1 aromatic rings. The van der Waals surface area contributed by atoms with E-state index in [9.17, 15) is 20.2 Å². The molecule has 0 spiro atoms. The normalized spacial score (nSPS) is 8.00. The van der Waals surface area contributed by atoms with Crippen LogP contribution in [0.25, 0.3) is 6.15 Å². The molecular weight excluding hydrogens is 373 g/mol. The van der Waals surface area contributed by atoms with E-state index in [4.69, 9.17) is 0 Å². The molecule has 0 radical (unpaired) electrons. The molecule has 0 heterocycles. The molecule has 0 aromatic heterocycles. The molecule has 80 valence electrons. The van der Waals surface area contributed by atoms with Crippen molar-refractivity contribution in [3.8, 4) is 0 Å². The zero-order valence-electron chi connectivity index (χ0n) is 6.73. The van der Waals surface area contributed by atoms with Gasteiger partial charge in [-0.05, 0) is 0 Å². The van der Waals surface area contributed by atoms with Crippen LogP contribution in [0.4, 0.5) is 11.4 Å². The summed E-state index contributed by atoms with van der Waals surface area (Å²) in [5.41, 5.74) is -0.968. The van der Waals surface area contributed by atoms with Gasteiger partial charge in [0.1, 0.15) is 0 Å². The fraction of sp³-hybridized carbons (Fsp3) is 0. The summed E-state index contributed by atoms with van der Waals surface area (Å²) in [5, 5.41) is 20.5. The fourth-order valence-electron chi connectivity index (χ4n) is 0.773. The van der Waals surface area contributed by atoms with Crippen molar-refractivity contribution < 1.29 is 30.9 Å². The van der Waals surface area contributed by atoms with E-state index in [-0.39, 0.29) is 27.2 Å². The fourth-order valence-corrected chi connectivity index (χ4v) is 0.773. The molecule has 0 aliphatic carbocycles. The largest absolute Gasteiger partial charge is 0.693 e. The third kappa shape index (κ3) is 3.19. The Labute approximate surface area is 93.3 Å². The van der Waals surface area contributed by atoms with E-state index in [2.05, 4.69) is 0 Å². The number of nitro benzene ring substituents is 2. The second-order valence-electron chi connectivity index (χ2n) is 2.00. The Morgan fingerprint density at radius 1 is 0.929 bits per heavy atom. The van der Waals surface area contributed by atoms with Crippen molar-refractivity contribution in [1.29, 1.82) is 0 Å². The minimum absolute atomic E-state index is 0. The molecule has 0 unspecified atom stereocenters. The average Bonchev–Trinajstić information content (AvgIpc) is 2.04. The first kappa shape index (κ1) is 15.2. The van der Waals surface area contributed by atoms with Crippen LogP contribution in [-0.4, -0.2) is 9.85 Å². The van der Waals surface area contributed by atoms with Gasteiger partial charge in [0.05, 0.1) is 9.85 Å². The quantitative estimate of drug-likeness (QED) is 0.578. The summed E-state index contributed by atoms with van der Waals surface area (Å²) in [6.45, 7) is 0. The molecule has 7 nitrogen and oxygen atoms in total. The Morgan fingerprint density at radius 3 is 1.43 bits per heavy atom. The number of benzene rings is 1. The van der Waals surface area contributed by atoms with E-state index in [1.165, 1.54) is 12.1 Å². The van der Waals surface area contributed by atoms with Gasteiger partial charge in [0.25, 0.3) is 0 Å². The van der Waals surface area contributed by atoms with Gasteiger partial charge in [-0.25, -0.2) is 0 Å². The molecule has 14 heavy (non-hydrogen) atoms. The first-order valence-corrected chi connectivity index (χ1v) is 3.00. The van der Waals surface area contributed by atoms with Crippen molar-refractivity contribution >= 4 is 11.4 Å². The molecule has 0 aliphatic heterocycles. The summed E-state index contributed by atoms with van der Waals surface area (Å²) in [6, 6.07) is 4.95. The van der Waals surface area contributed by atoms with Crippen LogP contribution in [-0.2, 0) is 21.1 Å². The number of hydrogen-bond acceptors (Lipinski definition) is 4. The smallest absolute Gasteiger partial charge is 0.346 e. The van der Waals surface area contributed by atoms with Crippen LogP contribution in [0.1, 0.15) is 0 Å². The molecule has 0 saturated carbocycles. The Kier molecular flexibility index (Phi) is 6.68. The summed E-state index contributed by atoms with van der Waals surface area (Å²) in [6.07, 6.45) is 0. The van der Waals surface area contributed by atoms with Crippen LogP contribution in [0, 0.1) is 20.2 Å². The van der Waals surface area contributed by atoms with E-state index in [1.807, 2.05) is 0 Å². The van der Waals surface area contributed by atoms with Crippen LogP contribution < -0.4 is 0 Å². The number of hydrogen-bond donors (Lipinski definition) is 0. The topological polar surface area (TPSA) is 120 Å². The van der Waals surface area contributed by atoms with E-state index in [0.29, 0.717) is 0 Å². The van der Waals surface area contributed by atoms with Gasteiger partial charge in [0.15, 0.2) is 0 Å². The molecule has 1 rings (SSSR count). The number of nitrogens with two attached hydrogens (primary N) is 1. The average molecular weight is 379 g/mol. The number of rotatable bonds is 2. The Hall–Kier alpha value is -1.33. The van der Waals surface area contributed by atoms with Crippen molar-refractivity contribution in [2.75, 3.05) is 0 Å². The predicted octanol–water partition coefficient (Wildman–Crippen LogP) is 2.22. The molecule has 0 amide bonds. The molecule has 8 heteroatoms. The number of nitro groups is 2. The molecule has 2 N–H and O–H groups in total. The minimum atomic E-state index is -0.780. The van der Waals surface area contributed by atoms with E-state index in [1.54, 1.807) is 0 Å². The van der Waals surface area contributed by atoms with Gasteiger partial charge in [-0.3, -0.25) is 20.2 Å². The molecule has 0 atom stereocenters. The summed E-state index contributed by atoms with van der Waals surface area (Å²) in [5.74, 6) is 0. The van der Waals surface area contributed by atoms with Crippen LogP contribution in [0.15, 0.2) is 24.3 Å². The monoisotopic (exact) mass is 379 g/mol. The van der Waals surface area contributed by atoms with Crippen LogP contribution in [0.2, 0.25) is 0 Å². The maximum Gasteiger partial charge on any atom is 0.346 e. The summed E-state index contributed by atoms with van der Waals surface area (Å²) < 4.78 is 0. The van der Waals surface area contributed by atoms with E-state index < -0.39 is 21.2 Å². The Balaban J connectivity index is 0. The van der Waals surface area contributed by atoms with Crippen molar-refractivity contribution in [3.05, 3.63) is 50.6 Å². The van der Waals surface area contributed by atoms with Gasteiger partial charge in [0, 0.05) is 33.2 Å². The molecule has 0 saturated heterocycles.